The second-order valence-corrected chi connectivity index (χ2v) is 5.41. The minimum Gasteiger partial charge on any atom is -0.391 e. The van der Waals surface area contributed by atoms with E-state index in [1.807, 2.05) is 6.92 Å². The van der Waals surface area contributed by atoms with Gasteiger partial charge in [0.05, 0.1) is 11.7 Å². The van der Waals surface area contributed by atoms with Crippen molar-refractivity contribution >= 4 is 7.85 Å². The normalized spacial score (nSPS) is 39.2. The van der Waals surface area contributed by atoms with Crippen molar-refractivity contribution in [1.29, 1.82) is 0 Å². The van der Waals surface area contributed by atoms with Crippen LogP contribution in [0, 0.1) is 11.8 Å². The first-order valence-electron chi connectivity index (χ1n) is 6.11. The van der Waals surface area contributed by atoms with Gasteiger partial charge in [-0.15, -0.1) is 0 Å². The maximum atomic E-state index is 10.1. The molecule has 1 aliphatic rings. The lowest BCUT2D eigenvalue weighted by Crippen LogP contribution is -2.39. The summed E-state index contributed by atoms with van der Waals surface area (Å²) in [5.41, 5.74) is 0.627. The zero-order valence-electron chi connectivity index (χ0n) is 10.9. The predicted octanol–water partition coefficient (Wildman–Crippen LogP) is 2.26. The van der Waals surface area contributed by atoms with E-state index in [9.17, 15) is 5.11 Å². The Bertz CT molecular complexity index is 261. The fourth-order valence-electron chi connectivity index (χ4n) is 2.97. The first-order chi connectivity index (χ1) is 7.34. The molecule has 1 heterocycles. The fourth-order valence-corrected chi connectivity index (χ4v) is 2.97. The van der Waals surface area contributed by atoms with E-state index in [4.69, 9.17) is 12.6 Å². The molecule has 1 rings (SSSR count). The van der Waals surface area contributed by atoms with Crippen molar-refractivity contribution in [3.63, 3.8) is 0 Å². The number of hydrogen-bond acceptors (Lipinski definition) is 2. The molecule has 4 unspecified atom stereocenters. The molecule has 90 valence electrons. The molecule has 3 heteroatoms. The average Bonchev–Trinajstić information content (AvgIpc) is 2.38. The van der Waals surface area contributed by atoms with E-state index < -0.39 is 12.1 Å². The van der Waals surface area contributed by atoms with Gasteiger partial charge in [0.15, 0.2) is 0 Å². The van der Waals surface area contributed by atoms with Gasteiger partial charge in [0.1, 0.15) is 7.85 Å². The van der Waals surface area contributed by atoms with Crippen molar-refractivity contribution in [2.45, 2.75) is 58.2 Å². The predicted molar refractivity (Wildman–Crippen MR) is 67.4 cm³/mol. The van der Waals surface area contributed by atoms with Crippen LogP contribution in [0.1, 0.15) is 40.5 Å². The number of ether oxygens (including phenoxy) is 1. The third-order valence-corrected chi connectivity index (χ3v) is 3.50. The van der Waals surface area contributed by atoms with E-state index in [-0.39, 0.29) is 11.5 Å². The van der Waals surface area contributed by atoms with Gasteiger partial charge in [-0.2, -0.15) is 0 Å². The van der Waals surface area contributed by atoms with Crippen LogP contribution in [0.4, 0.5) is 0 Å². The van der Waals surface area contributed by atoms with Gasteiger partial charge in [-0.3, -0.25) is 0 Å². The average molecular weight is 222 g/mol. The standard InChI is InChI=1S/C13H23BO2/c1-6-13(7-8(2)3)10(9(4)5)11(15)12(14)16-13/h8,10-12,15H,4,6-7H2,1-3,5H3. The summed E-state index contributed by atoms with van der Waals surface area (Å²) in [5.74, 6) is 0.467. The Morgan fingerprint density at radius 2 is 2.12 bits per heavy atom. The zero-order valence-corrected chi connectivity index (χ0v) is 10.9. The lowest BCUT2D eigenvalue weighted by molar-refractivity contribution is -0.0461. The third-order valence-electron chi connectivity index (χ3n) is 3.50. The van der Waals surface area contributed by atoms with Crippen LogP contribution in [0.3, 0.4) is 0 Å². The van der Waals surface area contributed by atoms with E-state index in [2.05, 4.69) is 27.4 Å². The minimum atomic E-state index is -0.629. The molecular formula is C13H23BO2. The van der Waals surface area contributed by atoms with Gasteiger partial charge in [0.2, 0.25) is 0 Å². The Labute approximate surface area is 100 Å². The maximum Gasteiger partial charge on any atom is 0.112 e. The van der Waals surface area contributed by atoms with Gasteiger partial charge in [0.25, 0.3) is 0 Å². The molecule has 0 bridgehead atoms. The van der Waals surface area contributed by atoms with Crippen LogP contribution in [-0.2, 0) is 4.74 Å². The summed E-state index contributed by atoms with van der Waals surface area (Å²) in [6, 6.07) is -0.583. The Kier molecular flexibility index (Phi) is 4.25. The summed E-state index contributed by atoms with van der Waals surface area (Å²) in [7, 11) is 5.82. The maximum absolute atomic E-state index is 10.1. The highest BCUT2D eigenvalue weighted by molar-refractivity contribution is 6.11. The van der Waals surface area contributed by atoms with Crippen LogP contribution >= 0.6 is 0 Å². The molecule has 1 aliphatic heterocycles. The molecule has 1 N–H and O–H groups in total. The highest BCUT2D eigenvalue weighted by atomic mass is 16.5. The third kappa shape index (κ3) is 2.35. The van der Waals surface area contributed by atoms with Crippen molar-refractivity contribution in [3.8, 4) is 0 Å². The Morgan fingerprint density at radius 1 is 1.56 bits per heavy atom. The summed E-state index contributed by atoms with van der Waals surface area (Å²) in [6.45, 7) is 12.3. The molecule has 0 saturated carbocycles. The quantitative estimate of drug-likeness (QED) is 0.584. The Balaban J connectivity index is 3.01. The van der Waals surface area contributed by atoms with Crippen molar-refractivity contribution in [1.82, 2.24) is 0 Å². The van der Waals surface area contributed by atoms with E-state index in [0.717, 1.165) is 18.4 Å². The Hall–Kier alpha value is -0.275. The first kappa shape index (κ1) is 13.8. The van der Waals surface area contributed by atoms with Crippen molar-refractivity contribution < 1.29 is 9.84 Å². The molecule has 1 fully saturated rings. The highest BCUT2D eigenvalue weighted by Gasteiger charge is 2.51. The summed E-state index contributed by atoms with van der Waals surface area (Å²) in [6.07, 6.45) is 1.13. The van der Waals surface area contributed by atoms with Crippen LogP contribution in [0.5, 0.6) is 0 Å². The van der Waals surface area contributed by atoms with Gasteiger partial charge < -0.3 is 9.84 Å². The molecule has 2 nitrogen and oxygen atoms in total. The zero-order chi connectivity index (χ0) is 12.5. The van der Waals surface area contributed by atoms with Gasteiger partial charge in [-0.05, 0) is 25.7 Å². The molecule has 0 aliphatic carbocycles. The molecule has 0 aromatic carbocycles. The molecule has 0 spiro atoms. The molecule has 2 radical (unpaired) electrons. The number of rotatable bonds is 4. The highest BCUT2D eigenvalue weighted by Crippen LogP contribution is 2.45. The molecule has 0 aromatic rings. The van der Waals surface area contributed by atoms with Crippen LogP contribution < -0.4 is 0 Å². The van der Waals surface area contributed by atoms with Crippen LogP contribution in [0.15, 0.2) is 12.2 Å². The summed E-state index contributed by atoms with van der Waals surface area (Å²) in [4.78, 5) is 0. The number of aliphatic hydroxyl groups excluding tert-OH is 1. The largest absolute Gasteiger partial charge is 0.391 e. The van der Waals surface area contributed by atoms with Gasteiger partial charge >= 0.3 is 0 Å². The topological polar surface area (TPSA) is 29.5 Å². The summed E-state index contributed by atoms with van der Waals surface area (Å²) < 4.78 is 5.86. The van der Waals surface area contributed by atoms with Crippen molar-refractivity contribution in [3.05, 3.63) is 12.2 Å². The SMILES string of the molecule is [B]C1OC(CC)(CC(C)C)C(C(=C)C)C1O. The summed E-state index contributed by atoms with van der Waals surface area (Å²) in [5, 5.41) is 10.1. The van der Waals surface area contributed by atoms with E-state index in [0.29, 0.717) is 5.92 Å². The van der Waals surface area contributed by atoms with Crippen LogP contribution in [0.2, 0.25) is 0 Å². The molecular weight excluding hydrogens is 199 g/mol. The Morgan fingerprint density at radius 3 is 2.50 bits per heavy atom. The lowest BCUT2D eigenvalue weighted by Gasteiger charge is -2.36. The minimum absolute atomic E-state index is 0.0464. The molecule has 0 aromatic heterocycles. The van der Waals surface area contributed by atoms with E-state index in [1.165, 1.54) is 0 Å². The van der Waals surface area contributed by atoms with Gasteiger partial charge in [0, 0.05) is 11.9 Å². The summed E-state index contributed by atoms with van der Waals surface area (Å²) >= 11 is 0. The molecule has 0 amide bonds. The second-order valence-electron chi connectivity index (χ2n) is 5.41. The van der Waals surface area contributed by atoms with Gasteiger partial charge in [-0.25, -0.2) is 0 Å². The van der Waals surface area contributed by atoms with E-state index >= 15 is 0 Å². The van der Waals surface area contributed by atoms with Crippen molar-refractivity contribution in [2.75, 3.05) is 0 Å². The molecule has 1 saturated heterocycles. The monoisotopic (exact) mass is 222 g/mol. The van der Waals surface area contributed by atoms with Crippen molar-refractivity contribution in [2.24, 2.45) is 11.8 Å². The van der Waals surface area contributed by atoms with E-state index in [1.54, 1.807) is 0 Å². The van der Waals surface area contributed by atoms with Crippen LogP contribution in [-0.4, -0.2) is 30.7 Å². The smallest absolute Gasteiger partial charge is 0.112 e. The lowest BCUT2D eigenvalue weighted by atomic mass is 9.73. The molecule has 16 heavy (non-hydrogen) atoms. The van der Waals surface area contributed by atoms with Crippen LogP contribution in [0.25, 0.3) is 0 Å². The second kappa shape index (κ2) is 4.93. The fraction of sp³-hybridized carbons (Fsp3) is 0.846. The molecule has 4 atom stereocenters. The first-order valence-corrected chi connectivity index (χ1v) is 6.11. The number of hydrogen-bond donors (Lipinski definition) is 1. The van der Waals surface area contributed by atoms with Gasteiger partial charge in [-0.1, -0.05) is 32.9 Å². The number of aliphatic hydroxyl groups is 1.